The Bertz CT molecular complexity index is 1050. The number of likely N-dealkylation sites (tertiary alicyclic amines) is 1. The molecule has 0 bridgehead atoms. The van der Waals surface area contributed by atoms with E-state index in [0.29, 0.717) is 35.0 Å². The van der Waals surface area contributed by atoms with Gasteiger partial charge in [0.25, 0.3) is 11.7 Å². The summed E-state index contributed by atoms with van der Waals surface area (Å²) in [5, 5.41) is 20.1. The third kappa shape index (κ3) is 5.16. The van der Waals surface area contributed by atoms with Gasteiger partial charge in [-0.15, -0.1) is 0 Å². The van der Waals surface area contributed by atoms with Gasteiger partial charge in [-0.05, 0) is 49.4 Å². The third-order valence-corrected chi connectivity index (χ3v) is 5.42. The Morgan fingerprint density at radius 3 is 2.32 bits per heavy atom. The van der Waals surface area contributed by atoms with Gasteiger partial charge in [0.15, 0.2) is 0 Å². The lowest BCUT2D eigenvalue weighted by atomic mass is 9.94. The molecular weight excluding hydrogens is 442 g/mol. The summed E-state index contributed by atoms with van der Waals surface area (Å²) in [7, 11) is 2.99. The highest BCUT2D eigenvalue weighted by Gasteiger charge is 2.47. The standard InChI is InChI=1S/C25H29NO8/c1-4-34-17-7-5-16(6-8-17)23(28)21-22(19-15-18(31-2)9-10-20(19)32-3)26(25(30)24(21)29)11-13-33-14-12-27/h5-10,15,22,27-28H,4,11-14H2,1-3H3. The number of aliphatic hydroxyl groups excluding tert-OH is 2. The van der Waals surface area contributed by atoms with Crippen molar-refractivity contribution < 1.29 is 38.7 Å². The highest BCUT2D eigenvalue weighted by molar-refractivity contribution is 6.46. The number of carbonyl (C=O) groups excluding carboxylic acids is 2. The second-order valence-electron chi connectivity index (χ2n) is 7.39. The van der Waals surface area contributed by atoms with Crippen LogP contribution in [0.5, 0.6) is 17.2 Å². The molecule has 1 saturated heterocycles. The van der Waals surface area contributed by atoms with Crippen LogP contribution in [0.3, 0.4) is 0 Å². The molecule has 1 amide bonds. The number of aliphatic hydroxyl groups is 2. The zero-order chi connectivity index (χ0) is 24.7. The van der Waals surface area contributed by atoms with Gasteiger partial charge < -0.3 is 34.1 Å². The smallest absolute Gasteiger partial charge is 0.295 e. The molecular formula is C25H29NO8. The Morgan fingerprint density at radius 1 is 1.00 bits per heavy atom. The van der Waals surface area contributed by atoms with Crippen molar-refractivity contribution in [2.75, 3.05) is 47.2 Å². The molecule has 0 aromatic heterocycles. The zero-order valence-corrected chi connectivity index (χ0v) is 19.4. The van der Waals surface area contributed by atoms with Gasteiger partial charge >= 0.3 is 0 Å². The lowest BCUT2D eigenvalue weighted by Gasteiger charge is -2.26. The minimum absolute atomic E-state index is 0.0651. The summed E-state index contributed by atoms with van der Waals surface area (Å²) in [6, 6.07) is 10.7. The van der Waals surface area contributed by atoms with E-state index in [2.05, 4.69) is 0 Å². The minimum Gasteiger partial charge on any atom is -0.507 e. The van der Waals surface area contributed by atoms with E-state index in [1.807, 2.05) is 6.92 Å². The molecule has 3 rings (SSSR count). The Hall–Kier alpha value is -3.56. The van der Waals surface area contributed by atoms with Crippen LogP contribution >= 0.6 is 0 Å². The summed E-state index contributed by atoms with van der Waals surface area (Å²) in [5.74, 6) is -0.356. The highest BCUT2D eigenvalue weighted by Crippen LogP contribution is 2.43. The third-order valence-electron chi connectivity index (χ3n) is 5.42. The van der Waals surface area contributed by atoms with E-state index in [-0.39, 0.29) is 37.7 Å². The van der Waals surface area contributed by atoms with E-state index in [1.165, 1.54) is 19.1 Å². The molecule has 9 heteroatoms. The Balaban J connectivity index is 2.13. The number of carbonyl (C=O) groups is 2. The van der Waals surface area contributed by atoms with Gasteiger partial charge in [0.05, 0.1) is 52.3 Å². The molecule has 1 atom stereocenters. The number of benzene rings is 2. The predicted molar refractivity (Wildman–Crippen MR) is 124 cm³/mol. The summed E-state index contributed by atoms with van der Waals surface area (Å²) in [5.41, 5.74) is 0.781. The summed E-state index contributed by atoms with van der Waals surface area (Å²) >= 11 is 0. The molecule has 0 aliphatic carbocycles. The molecule has 34 heavy (non-hydrogen) atoms. The number of ether oxygens (including phenoxy) is 4. The maximum Gasteiger partial charge on any atom is 0.295 e. The van der Waals surface area contributed by atoms with Crippen LogP contribution in [-0.2, 0) is 14.3 Å². The monoisotopic (exact) mass is 471 g/mol. The number of amides is 1. The minimum atomic E-state index is -0.936. The lowest BCUT2D eigenvalue weighted by molar-refractivity contribution is -0.140. The first-order valence-electron chi connectivity index (χ1n) is 10.9. The first-order valence-corrected chi connectivity index (χ1v) is 10.9. The van der Waals surface area contributed by atoms with Gasteiger partial charge in [0.2, 0.25) is 0 Å². The van der Waals surface area contributed by atoms with Gasteiger partial charge in [-0.25, -0.2) is 0 Å². The number of hydrogen-bond acceptors (Lipinski definition) is 8. The molecule has 182 valence electrons. The SMILES string of the molecule is CCOc1ccc(C(O)=C2C(=O)C(=O)N(CCOCCO)C2c2cc(OC)ccc2OC)cc1. The average Bonchev–Trinajstić information content (AvgIpc) is 3.11. The van der Waals surface area contributed by atoms with Crippen molar-refractivity contribution in [2.45, 2.75) is 13.0 Å². The molecule has 9 nitrogen and oxygen atoms in total. The maximum absolute atomic E-state index is 13.1. The van der Waals surface area contributed by atoms with E-state index < -0.39 is 17.7 Å². The van der Waals surface area contributed by atoms with Crippen LogP contribution in [0.2, 0.25) is 0 Å². The highest BCUT2D eigenvalue weighted by atomic mass is 16.5. The van der Waals surface area contributed by atoms with E-state index in [0.717, 1.165) is 0 Å². The maximum atomic E-state index is 13.1. The van der Waals surface area contributed by atoms with Crippen LogP contribution in [0, 0.1) is 0 Å². The Kier molecular flexibility index (Phi) is 8.50. The van der Waals surface area contributed by atoms with Crippen LogP contribution in [0.4, 0.5) is 0 Å². The molecule has 1 fully saturated rings. The molecule has 1 unspecified atom stereocenters. The van der Waals surface area contributed by atoms with E-state index in [9.17, 15) is 14.7 Å². The van der Waals surface area contributed by atoms with E-state index in [4.69, 9.17) is 24.1 Å². The molecule has 2 aromatic rings. The average molecular weight is 472 g/mol. The molecule has 0 spiro atoms. The van der Waals surface area contributed by atoms with Crippen molar-refractivity contribution in [3.8, 4) is 17.2 Å². The number of methoxy groups -OCH3 is 2. The van der Waals surface area contributed by atoms with Gasteiger partial charge in [0.1, 0.15) is 23.0 Å². The normalized spacial score (nSPS) is 17.2. The molecule has 2 aromatic carbocycles. The van der Waals surface area contributed by atoms with Crippen LogP contribution < -0.4 is 14.2 Å². The van der Waals surface area contributed by atoms with E-state index in [1.54, 1.807) is 42.5 Å². The van der Waals surface area contributed by atoms with Crippen molar-refractivity contribution in [3.05, 3.63) is 59.2 Å². The first kappa shape index (κ1) is 25.1. The number of nitrogens with zero attached hydrogens (tertiary/aromatic N) is 1. The van der Waals surface area contributed by atoms with Crippen LogP contribution in [0.1, 0.15) is 24.1 Å². The predicted octanol–water partition coefficient (Wildman–Crippen LogP) is 2.53. The van der Waals surface area contributed by atoms with Gasteiger partial charge in [-0.3, -0.25) is 9.59 Å². The fraction of sp³-hybridized carbons (Fsp3) is 0.360. The fourth-order valence-corrected chi connectivity index (χ4v) is 3.85. The quantitative estimate of drug-likeness (QED) is 0.222. The van der Waals surface area contributed by atoms with Crippen molar-refractivity contribution in [2.24, 2.45) is 0 Å². The summed E-state index contributed by atoms with van der Waals surface area (Å²) in [4.78, 5) is 27.5. The molecule has 1 aliphatic heterocycles. The van der Waals surface area contributed by atoms with Gasteiger partial charge in [0, 0.05) is 17.7 Å². The van der Waals surface area contributed by atoms with Crippen LogP contribution in [0.15, 0.2) is 48.0 Å². The number of rotatable bonds is 11. The van der Waals surface area contributed by atoms with Crippen molar-refractivity contribution in [3.63, 3.8) is 0 Å². The topological polar surface area (TPSA) is 115 Å². The van der Waals surface area contributed by atoms with E-state index >= 15 is 0 Å². The van der Waals surface area contributed by atoms with Crippen LogP contribution in [0.25, 0.3) is 5.76 Å². The summed E-state index contributed by atoms with van der Waals surface area (Å²) in [6.07, 6.45) is 0. The number of ketones is 1. The van der Waals surface area contributed by atoms with Crippen LogP contribution in [-0.4, -0.2) is 74.0 Å². The molecule has 1 aliphatic rings. The second-order valence-corrected chi connectivity index (χ2v) is 7.39. The molecule has 0 radical (unpaired) electrons. The van der Waals surface area contributed by atoms with Gasteiger partial charge in [-0.1, -0.05) is 0 Å². The van der Waals surface area contributed by atoms with Crippen molar-refractivity contribution in [1.82, 2.24) is 4.90 Å². The Labute approximate surface area is 198 Å². The van der Waals surface area contributed by atoms with Crippen molar-refractivity contribution >= 4 is 17.4 Å². The summed E-state index contributed by atoms with van der Waals surface area (Å²) < 4.78 is 21.6. The summed E-state index contributed by atoms with van der Waals surface area (Å²) in [6.45, 7) is 2.45. The molecule has 2 N–H and O–H groups in total. The number of hydrogen-bond donors (Lipinski definition) is 2. The zero-order valence-electron chi connectivity index (χ0n) is 19.4. The lowest BCUT2D eigenvalue weighted by Crippen LogP contribution is -2.33. The second kappa shape index (κ2) is 11.5. The van der Waals surface area contributed by atoms with Gasteiger partial charge in [-0.2, -0.15) is 0 Å². The first-order chi connectivity index (χ1) is 16.5. The Morgan fingerprint density at radius 2 is 1.71 bits per heavy atom. The largest absolute Gasteiger partial charge is 0.507 e. The molecule has 1 heterocycles. The van der Waals surface area contributed by atoms with Crippen molar-refractivity contribution in [1.29, 1.82) is 0 Å². The number of Topliss-reactive ketones (excluding diaryl/α,β-unsaturated/α-hetero) is 1. The fourth-order valence-electron chi connectivity index (χ4n) is 3.85. The molecule has 0 saturated carbocycles.